The van der Waals surface area contributed by atoms with Gasteiger partial charge in [0.2, 0.25) is 5.91 Å². The molecule has 0 radical (unpaired) electrons. The van der Waals surface area contributed by atoms with Crippen molar-refractivity contribution >= 4 is 16.9 Å². The Hall–Kier alpha value is -3.10. The number of aromatic hydroxyl groups is 1. The number of likely N-dealkylation sites (tertiary alicyclic amines) is 1. The highest BCUT2D eigenvalue weighted by molar-refractivity contribution is 5.81. The second-order valence-electron chi connectivity index (χ2n) is 8.24. The van der Waals surface area contributed by atoms with Crippen molar-refractivity contribution < 1.29 is 23.1 Å². The van der Waals surface area contributed by atoms with Crippen LogP contribution in [0.5, 0.6) is 5.75 Å². The zero-order valence-electron chi connectivity index (χ0n) is 17.4. The lowest BCUT2D eigenvalue weighted by atomic mass is 10.00. The molecule has 0 spiro atoms. The molecule has 9 heteroatoms. The molecule has 1 aliphatic rings. The molecule has 164 valence electrons. The minimum atomic E-state index is -4.54. The van der Waals surface area contributed by atoms with E-state index in [1.165, 1.54) is 6.92 Å². The molecule has 0 unspecified atom stereocenters. The van der Waals surface area contributed by atoms with Crippen LogP contribution in [0.1, 0.15) is 43.9 Å². The molecule has 1 amide bonds. The predicted molar refractivity (Wildman–Crippen MR) is 109 cm³/mol. The van der Waals surface area contributed by atoms with Crippen molar-refractivity contribution in [3.63, 3.8) is 0 Å². The first kappa shape index (κ1) is 21.1. The third-order valence-electron chi connectivity index (χ3n) is 5.70. The van der Waals surface area contributed by atoms with Crippen LogP contribution in [-0.4, -0.2) is 43.3 Å². The van der Waals surface area contributed by atoms with E-state index in [0.29, 0.717) is 36.8 Å². The molecule has 1 atom stereocenters. The molecule has 4 rings (SSSR count). The summed E-state index contributed by atoms with van der Waals surface area (Å²) in [6, 6.07) is 5.29. The first-order chi connectivity index (χ1) is 14.5. The lowest BCUT2D eigenvalue weighted by molar-refractivity contribution is -0.138. The molecule has 3 heterocycles. The van der Waals surface area contributed by atoms with E-state index in [4.69, 9.17) is 0 Å². The standard InChI is InChI=1S/C22H23F3N4O2/c1-12(2)28-11-16(5-7-19(28)31)29-10-14-4-6-17(26-21(14)27-29)20-13(3)8-15(9-18(20)30)22(23,24)25/h4,6,8-10,12,16,30H,5,7,11H2,1-3H3/t16-/m0/s1. The van der Waals surface area contributed by atoms with Gasteiger partial charge in [-0.1, -0.05) is 0 Å². The van der Waals surface area contributed by atoms with Gasteiger partial charge in [0.15, 0.2) is 5.65 Å². The Morgan fingerprint density at radius 1 is 1.23 bits per heavy atom. The molecular weight excluding hydrogens is 409 g/mol. The number of rotatable bonds is 3. The van der Waals surface area contributed by atoms with Gasteiger partial charge in [-0.2, -0.15) is 18.3 Å². The molecule has 0 bridgehead atoms. The van der Waals surface area contributed by atoms with E-state index in [-0.39, 0.29) is 29.1 Å². The lowest BCUT2D eigenvalue weighted by Gasteiger charge is -2.35. The molecule has 1 fully saturated rings. The number of fused-ring (bicyclic) bond motifs is 1. The van der Waals surface area contributed by atoms with Gasteiger partial charge >= 0.3 is 6.18 Å². The van der Waals surface area contributed by atoms with Crippen molar-refractivity contribution in [2.45, 2.75) is 51.9 Å². The van der Waals surface area contributed by atoms with Crippen molar-refractivity contribution in [3.8, 4) is 17.0 Å². The lowest BCUT2D eigenvalue weighted by Crippen LogP contribution is -2.44. The van der Waals surface area contributed by atoms with Crippen LogP contribution in [0.25, 0.3) is 22.3 Å². The second-order valence-corrected chi connectivity index (χ2v) is 8.24. The molecular formula is C22H23F3N4O2. The van der Waals surface area contributed by atoms with Gasteiger partial charge in [0, 0.05) is 36.2 Å². The molecule has 1 saturated heterocycles. The number of phenols is 1. The van der Waals surface area contributed by atoms with Crippen molar-refractivity contribution in [2.24, 2.45) is 0 Å². The van der Waals surface area contributed by atoms with Crippen LogP contribution in [0.4, 0.5) is 13.2 Å². The summed E-state index contributed by atoms with van der Waals surface area (Å²) in [6.07, 6.45) is -1.54. The van der Waals surface area contributed by atoms with Gasteiger partial charge in [0.1, 0.15) is 5.75 Å². The summed E-state index contributed by atoms with van der Waals surface area (Å²) in [4.78, 5) is 18.5. The number of halogens is 3. The van der Waals surface area contributed by atoms with E-state index in [2.05, 4.69) is 10.1 Å². The number of hydrogen-bond acceptors (Lipinski definition) is 4. The number of phenolic OH excluding ortho intramolecular Hbond substituents is 1. The maximum absolute atomic E-state index is 13.0. The van der Waals surface area contributed by atoms with E-state index in [1.54, 1.807) is 12.1 Å². The number of hydrogen-bond donors (Lipinski definition) is 1. The van der Waals surface area contributed by atoms with Gasteiger partial charge in [-0.3, -0.25) is 9.48 Å². The van der Waals surface area contributed by atoms with Gasteiger partial charge in [0.05, 0.1) is 17.3 Å². The highest BCUT2D eigenvalue weighted by Gasteiger charge is 2.32. The number of benzene rings is 1. The normalized spacial score (nSPS) is 17.7. The average molecular weight is 432 g/mol. The monoisotopic (exact) mass is 432 g/mol. The number of nitrogens with zero attached hydrogens (tertiary/aromatic N) is 4. The Bertz CT molecular complexity index is 1130. The van der Waals surface area contributed by atoms with Crippen LogP contribution in [0.15, 0.2) is 30.5 Å². The molecule has 3 aromatic rings. The van der Waals surface area contributed by atoms with Gasteiger partial charge in [0.25, 0.3) is 0 Å². The van der Waals surface area contributed by atoms with Gasteiger partial charge in [-0.25, -0.2) is 4.98 Å². The molecule has 1 aliphatic heterocycles. The van der Waals surface area contributed by atoms with Crippen molar-refractivity contribution in [1.82, 2.24) is 19.7 Å². The summed E-state index contributed by atoms with van der Waals surface area (Å²) in [6.45, 7) is 6.03. The second kappa shape index (κ2) is 7.55. The fraction of sp³-hybridized carbons (Fsp3) is 0.409. The number of alkyl halides is 3. The van der Waals surface area contributed by atoms with Crippen LogP contribution < -0.4 is 0 Å². The van der Waals surface area contributed by atoms with Crippen molar-refractivity contribution in [1.29, 1.82) is 0 Å². The van der Waals surface area contributed by atoms with Gasteiger partial charge in [-0.05, 0) is 57.0 Å². The Kier molecular flexibility index (Phi) is 5.15. The van der Waals surface area contributed by atoms with Crippen LogP contribution in [0, 0.1) is 6.92 Å². The van der Waals surface area contributed by atoms with Gasteiger partial charge in [-0.15, -0.1) is 0 Å². The fourth-order valence-corrected chi connectivity index (χ4v) is 4.08. The summed E-state index contributed by atoms with van der Waals surface area (Å²) in [5.74, 6) is -0.339. The maximum Gasteiger partial charge on any atom is 0.416 e. The highest BCUT2D eigenvalue weighted by Crippen LogP contribution is 2.39. The summed E-state index contributed by atoms with van der Waals surface area (Å²) in [5.41, 5.74) is 0.405. The molecule has 2 aromatic heterocycles. The Balaban J connectivity index is 1.68. The zero-order valence-corrected chi connectivity index (χ0v) is 17.4. The van der Waals surface area contributed by atoms with Crippen molar-refractivity contribution in [3.05, 3.63) is 41.6 Å². The minimum absolute atomic E-state index is 0.0268. The largest absolute Gasteiger partial charge is 0.507 e. The molecule has 0 saturated carbocycles. The first-order valence-corrected chi connectivity index (χ1v) is 10.1. The number of pyridine rings is 1. The predicted octanol–water partition coefficient (Wildman–Crippen LogP) is 4.70. The van der Waals surface area contributed by atoms with E-state index in [0.717, 1.165) is 11.5 Å². The number of carbonyl (C=O) groups is 1. The minimum Gasteiger partial charge on any atom is -0.507 e. The van der Waals surface area contributed by atoms with Crippen molar-refractivity contribution in [2.75, 3.05) is 6.54 Å². The number of piperidine rings is 1. The highest BCUT2D eigenvalue weighted by atomic mass is 19.4. The quantitative estimate of drug-likeness (QED) is 0.651. The molecule has 0 aliphatic carbocycles. The Morgan fingerprint density at radius 2 is 1.97 bits per heavy atom. The van der Waals surface area contributed by atoms with Crippen LogP contribution in [0.3, 0.4) is 0 Å². The molecule has 6 nitrogen and oxygen atoms in total. The zero-order chi connectivity index (χ0) is 22.5. The van der Waals surface area contributed by atoms with Crippen LogP contribution in [0.2, 0.25) is 0 Å². The van der Waals surface area contributed by atoms with E-state index in [1.807, 2.05) is 29.6 Å². The van der Waals surface area contributed by atoms with E-state index in [9.17, 15) is 23.1 Å². The number of aryl methyl sites for hydroxylation is 1. The number of aromatic nitrogens is 3. The van der Waals surface area contributed by atoms with Gasteiger partial charge < -0.3 is 10.0 Å². The maximum atomic E-state index is 13.0. The first-order valence-electron chi connectivity index (χ1n) is 10.1. The third-order valence-corrected chi connectivity index (χ3v) is 5.70. The SMILES string of the molecule is Cc1cc(C(F)(F)F)cc(O)c1-c1ccc2cn([C@H]3CCC(=O)N(C(C)C)C3)nc2n1. The Morgan fingerprint density at radius 3 is 2.61 bits per heavy atom. The number of carbonyl (C=O) groups excluding carboxylic acids is 1. The smallest absolute Gasteiger partial charge is 0.416 e. The van der Waals surface area contributed by atoms with E-state index >= 15 is 0 Å². The summed E-state index contributed by atoms with van der Waals surface area (Å²) in [5, 5.41) is 15.6. The molecule has 31 heavy (non-hydrogen) atoms. The van der Waals surface area contributed by atoms with Crippen LogP contribution in [-0.2, 0) is 11.0 Å². The fourth-order valence-electron chi connectivity index (χ4n) is 4.08. The molecule has 1 N–H and O–H groups in total. The number of amides is 1. The third kappa shape index (κ3) is 3.96. The van der Waals surface area contributed by atoms with Crippen LogP contribution >= 0.6 is 0 Å². The Labute approximate surface area is 177 Å². The summed E-state index contributed by atoms with van der Waals surface area (Å²) >= 11 is 0. The topological polar surface area (TPSA) is 71.2 Å². The molecule has 1 aromatic carbocycles. The average Bonchev–Trinajstić information content (AvgIpc) is 3.10. The summed E-state index contributed by atoms with van der Waals surface area (Å²) in [7, 11) is 0. The van der Waals surface area contributed by atoms with E-state index < -0.39 is 17.5 Å². The summed E-state index contributed by atoms with van der Waals surface area (Å²) < 4.78 is 40.8.